The van der Waals surface area contributed by atoms with Gasteiger partial charge in [0.25, 0.3) is 5.91 Å². The number of carbonyl (C=O) groups is 2. The van der Waals surface area contributed by atoms with Crippen LogP contribution in [0.1, 0.15) is 47.2 Å². The molecule has 3 aromatic rings. The minimum Gasteiger partial charge on any atom is -0.455 e. The van der Waals surface area contributed by atoms with E-state index >= 15 is 0 Å². The number of rotatable bonds is 7. The monoisotopic (exact) mass is 441 g/mol. The van der Waals surface area contributed by atoms with Crippen molar-refractivity contribution in [3.05, 3.63) is 88.6 Å². The Hall–Kier alpha value is -3.85. The first kappa shape index (κ1) is 22.3. The summed E-state index contributed by atoms with van der Waals surface area (Å²) in [5.74, 6) is -0.407. The molecular weight excluding hydrogens is 414 g/mol. The molecule has 1 fully saturated rings. The van der Waals surface area contributed by atoms with Crippen LogP contribution in [0.5, 0.6) is 0 Å². The fourth-order valence-corrected chi connectivity index (χ4v) is 4.43. The molecule has 0 spiro atoms. The SMILES string of the molecule is Cc1c(C#N)c(NC(=O)COC(=O)C2(c3ccccc3)CCC2)n(Cc2ccccc2)c1C. The number of nitriles is 1. The Morgan fingerprint density at radius 1 is 1.06 bits per heavy atom. The average Bonchev–Trinajstić information content (AvgIpc) is 3.02. The Kier molecular flexibility index (Phi) is 6.32. The van der Waals surface area contributed by atoms with Gasteiger partial charge in [0.15, 0.2) is 6.61 Å². The number of anilines is 1. The number of nitrogens with zero attached hydrogens (tertiary/aromatic N) is 2. The molecule has 0 atom stereocenters. The highest BCUT2D eigenvalue weighted by Gasteiger charge is 2.47. The third-order valence-corrected chi connectivity index (χ3v) is 6.64. The van der Waals surface area contributed by atoms with Crippen LogP contribution in [0.15, 0.2) is 60.7 Å². The second kappa shape index (κ2) is 9.33. The van der Waals surface area contributed by atoms with E-state index in [0.29, 0.717) is 30.8 Å². The summed E-state index contributed by atoms with van der Waals surface area (Å²) in [5, 5.41) is 12.5. The van der Waals surface area contributed by atoms with Crippen LogP contribution < -0.4 is 5.32 Å². The quantitative estimate of drug-likeness (QED) is 0.542. The number of carbonyl (C=O) groups excluding carboxylic acids is 2. The number of hydrogen-bond donors (Lipinski definition) is 1. The van der Waals surface area contributed by atoms with Crippen molar-refractivity contribution in [2.24, 2.45) is 0 Å². The minimum absolute atomic E-state index is 0.373. The van der Waals surface area contributed by atoms with Gasteiger partial charge in [-0.05, 0) is 43.4 Å². The number of hydrogen-bond acceptors (Lipinski definition) is 4. The van der Waals surface area contributed by atoms with Gasteiger partial charge in [0.1, 0.15) is 11.9 Å². The molecule has 6 nitrogen and oxygen atoms in total. The molecule has 33 heavy (non-hydrogen) atoms. The van der Waals surface area contributed by atoms with Crippen molar-refractivity contribution in [2.45, 2.75) is 45.1 Å². The lowest BCUT2D eigenvalue weighted by atomic mass is 9.64. The van der Waals surface area contributed by atoms with Gasteiger partial charge in [-0.15, -0.1) is 0 Å². The second-order valence-electron chi connectivity index (χ2n) is 8.54. The molecule has 4 rings (SSSR count). The van der Waals surface area contributed by atoms with Crippen LogP contribution in [0.2, 0.25) is 0 Å². The zero-order valence-corrected chi connectivity index (χ0v) is 18.9. The zero-order chi connectivity index (χ0) is 23.4. The topological polar surface area (TPSA) is 84.1 Å². The second-order valence-corrected chi connectivity index (χ2v) is 8.54. The molecule has 0 aliphatic heterocycles. The first-order chi connectivity index (χ1) is 16.0. The van der Waals surface area contributed by atoms with E-state index in [1.54, 1.807) is 0 Å². The van der Waals surface area contributed by atoms with Crippen molar-refractivity contribution in [1.29, 1.82) is 5.26 Å². The lowest BCUT2D eigenvalue weighted by Crippen LogP contribution is -2.44. The van der Waals surface area contributed by atoms with Crippen LogP contribution in [0.3, 0.4) is 0 Å². The minimum atomic E-state index is -0.667. The molecule has 1 aromatic heterocycles. The van der Waals surface area contributed by atoms with Gasteiger partial charge in [0.05, 0.1) is 11.0 Å². The van der Waals surface area contributed by atoms with Crippen LogP contribution in [-0.2, 0) is 26.3 Å². The van der Waals surface area contributed by atoms with Crippen LogP contribution in [-0.4, -0.2) is 23.1 Å². The van der Waals surface area contributed by atoms with Gasteiger partial charge in [-0.2, -0.15) is 5.26 Å². The highest BCUT2D eigenvalue weighted by Crippen LogP contribution is 2.44. The lowest BCUT2D eigenvalue weighted by molar-refractivity contribution is -0.156. The number of esters is 1. The Morgan fingerprint density at radius 3 is 2.27 bits per heavy atom. The number of nitrogens with one attached hydrogen (secondary N) is 1. The van der Waals surface area contributed by atoms with Crippen LogP contribution >= 0.6 is 0 Å². The first-order valence-corrected chi connectivity index (χ1v) is 11.1. The molecule has 0 saturated heterocycles. The van der Waals surface area contributed by atoms with E-state index in [1.165, 1.54) is 0 Å². The summed E-state index contributed by atoms with van der Waals surface area (Å²) < 4.78 is 7.38. The predicted molar refractivity (Wildman–Crippen MR) is 126 cm³/mol. The van der Waals surface area contributed by atoms with E-state index in [4.69, 9.17) is 4.74 Å². The average molecular weight is 442 g/mol. The van der Waals surface area contributed by atoms with Gasteiger partial charge in [0, 0.05) is 12.2 Å². The van der Waals surface area contributed by atoms with Gasteiger partial charge in [-0.3, -0.25) is 9.59 Å². The van der Waals surface area contributed by atoms with E-state index in [-0.39, 0.29) is 5.97 Å². The van der Waals surface area contributed by atoms with Crippen molar-refractivity contribution < 1.29 is 14.3 Å². The Morgan fingerprint density at radius 2 is 1.70 bits per heavy atom. The van der Waals surface area contributed by atoms with Crippen LogP contribution in [0.4, 0.5) is 5.82 Å². The summed E-state index contributed by atoms with van der Waals surface area (Å²) >= 11 is 0. The number of ether oxygens (including phenoxy) is 1. The Labute approximate surface area is 193 Å². The Balaban J connectivity index is 1.49. The van der Waals surface area contributed by atoms with Gasteiger partial charge in [-0.1, -0.05) is 67.1 Å². The molecule has 0 bridgehead atoms. The van der Waals surface area contributed by atoms with Crippen molar-refractivity contribution in [1.82, 2.24) is 4.57 Å². The zero-order valence-electron chi connectivity index (χ0n) is 18.9. The molecule has 0 unspecified atom stereocenters. The maximum absolute atomic E-state index is 12.9. The molecule has 0 radical (unpaired) electrons. The number of amides is 1. The lowest BCUT2D eigenvalue weighted by Gasteiger charge is -2.39. The summed E-state index contributed by atoms with van der Waals surface area (Å²) in [6.45, 7) is 3.91. The van der Waals surface area contributed by atoms with Gasteiger partial charge < -0.3 is 14.6 Å². The normalized spacial score (nSPS) is 14.1. The summed E-state index contributed by atoms with van der Waals surface area (Å²) in [7, 11) is 0. The highest BCUT2D eigenvalue weighted by molar-refractivity contribution is 5.95. The van der Waals surface area contributed by atoms with Gasteiger partial charge in [0.2, 0.25) is 0 Å². The molecule has 1 aliphatic carbocycles. The van der Waals surface area contributed by atoms with Crippen molar-refractivity contribution in [3.63, 3.8) is 0 Å². The molecule has 1 saturated carbocycles. The van der Waals surface area contributed by atoms with Crippen molar-refractivity contribution >= 4 is 17.7 Å². The maximum Gasteiger partial charge on any atom is 0.317 e. The van der Waals surface area contributed by atoms with Crippen LogP contribution in [0, 0.1) is 25.2 Å². The summed E-state index contributed by atoms with van der Waals surface area (Å²) in [6.07, 6.45) is 2.38. The molecular formula is C27H27N3O3. The Bertz CT molecular complexity index is 1200. The van der Waals surface area contributed by atoms with E-state index in [2.05, 4.69) is 11.4 Å². The van der Waals surface area contributed by atoms with E-state index in [1.807, 2.05) is 79.1 Å². The molecule has 1 aliphatic rings. The molecule has 168 valence electrons. The third kappa shape index (κ3) is 4.27. The number of benzene rings is 2. The third-order valence-electron chi connectivity index (χ3n) is 6.64. The predicted octanol–water partition coefficient (Wildman–Crippen LogP) is 4.63. The van der Waals surface area contributed by atoms with Crippen LogP contribution in [0.25, 0.3) is 0 Å². The fourth-order valence-electron chi connectivity index (χ4n) is 4.43. The summed E-state index contributed by atoms with van der Waals surface area (Å²) in [5.41, 5.74) is 3.45. The molecule has 1 N–H and O–H groups in total. The largest absolute Gasteiger partial charge is 0.455 e. The molecule has 1 amide bonds. The molecule has 2 aromatic carbocycles. The maximum atomic E-state index is 12.9. The first-order valence-electron chi connectivity index (χ1n) is 11.1. The fraction of sp³-hybridized carbons (Fsp3) is 0.296. The van der Waals surface area contributed by atoms with Gasteiger partial charge >= 0.3 is 5.97 Å². The smallest absolute Gasteiger partial charge is 0.317 e. The molecule has 1 heterocycles. The number of aromatic nitrogens is 1. The van der Waals surface area contributed by atoms with Crippen molar-refractivity contribution in [3.8, 4) is 6.07 Å². The molecule has 6 heteroatoms. The summed E-state index contributed by atoms with van der Waals surface area (Å²) in [4.78, 5) is 25.7. The highest BCUT2D eigenvalue weighted by atomic mass is 16.5. The summed E-state index contributed by atoms with van der Waals surface area (Å²) in [6, 6.07) is 21.6. The van der Waals surface area contributed by atoms with E-state index in [0.717, 1.165) is 28.8 Å². The van der Waals surface area contributed by atoms with Gasteiger partial charge in [-0.25, -0.2) is 0 Å². The standard InChI is InChI=1S/C27H27N3O3/c1-19-20(2)30(17-21-10-5-3-6-11-21)25(23(19)16-28)29-24(31)18-33-26(32)27(14-9-15-27)22-12-7-4-8-13-22/h3-8,10-13H,9,14-15,17-18H2,1-2H3,(H,29,31). The van der Waals surface area contributed by atoms with E-state index < -0.39 is 17.9 Å². The van der Waals surface area contributed by atoms with E-state index in [9.17, 15) is 14.9 Å². The van der Waals surface area contributed by atoms with Crippen molar-refractivity contribution in [2.75, 3.05) is 11.9 Å².